The number of benzene rings is 2. The molecule has 0 atom stereocenters. The number of para-hydroxylation sites is 1. The number of hydrazone groups is 1. The summed E-state index contributed by atoms with van der Waals surface area (Å²) >= 11 is 0. The Morgan fingerprint density at radius 1 is 1.10 bits per heavy atom. The lowest BCUT2D eigenvalue weighted by Gasteiger charge is -2.12. The van der Waals surface area contributed by atoms with Crippen LogP contribution in [0.2, 0.25) is 0 Å². The second kappa shape index (κ2) is 10.6. The Morgan fingerprint density at radius 2 is 1.86 bits per heavy atom. The fourth-order valence-electron chi connectivity index (χ4n) is 2.33. The first-order chi connectivity index (χ1) is 13.9. The molecule has 0 fully saturated rings. The van der Waals surface area contributed by atoms with Crippen LogP contribution in [0, 0.1) is 6.92 Å². The molecular formula is C20H22N4O5. The molecule has 0 saturated carbocycles. The van der Waals surface area contributed by atoms with Gasteiger partial charge in [0, 0.05) is 30.6 Å². The third kappa shape index (κ3) is 6.43. The quantitative estimate of drug-likeness (QED) is 0.232. The third-order valence-corrected chi connectivity index (χ3v) is 3.88. The molecule has 0 spiro atoms. The van der Waals surface area contributed by atoms with Crippen molar-refractivity contribution in [2.75, 3.05) is 25.6 Å². The molecule has 9 heteroatoms. The van der Waals surface area contributed by atoms with E-state index in [1.54, 1.807) is 6.07 Å². The molecule has 0 heterocycles. The number of carbonyl (C=O) groups excluding carboxylic acids is 2. The van der Waals surface area contributed by atoms with Crippen LogP contribution in [0.3, 0.4) is 0 Å². The minimum Gasteiger partial charge on any atom is -0.478 e. The minimum absolute atomic E-state index is 0.0606. The predicted molar refractivity (Wildman–Crippen MR) is 108 cm³/mol. The number of amides is 2. The lowest BCUT2D eigenvalue weighted by Crippen LogP contribution is -2.39. The van der Waals surface area contributed by atoms with E-state index in [1.165, 1.54) is 25.5 Å². The zero-order valence-electron chi connectivity index (χ0n) is 16.1. The summed E-state index contributed by atoms with van der Waals surface area (Å²) in [4.78, 5) is 34.6. The molecule has 0 aliphatic carbocycles. The summed E-state index contributed by atoms with van der Waals surface area (Å²) < 4.78 is 4.78. The van der Waals surface area contributed by atoms with Crippen LogP contribution in [0.5, 0.6) is 0 Å². The Hall–Kier alpha value is -3.72. The predicted octanol–water partition coefficient (Wildman–Crippen LogP) is 1.65. The van der Waals surface area contributed by atoms with Gasteiger partial charge in [-0.15, -0.1) is 0 Å². The molecule has 0 radical (unpaired) electrons. The molecule has 2 aromatic rings. The highest BCUT2D eigenvalue weighted by Crippen LogP contribution is 2.23. The molecule has 0 aliphatic rings. The van der Waals surface area contributed by atoms with Crippen molar-refractivity contribution in [1.29, 1.82) is 0 Å². The molecule has 152 valence electrons. The average molecular weight is 398 g/mol. The van der Waals surface area contributed by atoms with Crippen LogP contribution >= 0.6 is 0 Å². The number of nitrogens with one attached hydrogen (secondary N) is 3. The molecule has 2 aromatic carbocycles. The molecule has 2 rings (SSSR count). The van der Waals surface area contributed by atoms with Gasteiger partial charge in [-0.3, -0.25) is 9.59 Å². The van der Waals surface area contributed by atoms with E-state index in [2.05, 4.69) is 21.2 Å². The van der Waals surface area contributed by atoms with Crippen LogP contribution in [0.15, 0.2) is 47.6 Å². The summed E-state index contributed by atoms with van der Waals surface area (Å²) in [5, 5.41) is 18.6. The zero-order valence-corrected chi connectivity index (χ0v) is 16.1. The van der Waals surface area contributed by atoms with E-state index in [0.29, 0.717) is 11.3 Å². The first-order valence-electron chi connectivity index (χ1n) is 8.72. The summed E-state index contributed by atoms with van der Waals surface area (Å²) in [5.41, 5.74) is 5.02. The first kappa shape index (κ1) is 21.6. The van der Waals surface area contributed by atoms with E-state index in [4.69, 9.17) is 4.74 Å². The Balaban J connectivity index is 2.16. The van der Waals surface area contributed by atoms with Gasteiger partial charge in [-0.1, -0.05) is 18.2 Å². The molecule has 0 bridgehead atoms. The lowest BCUT2D eigenvalue weighted by atomic mass is 10.1. The Kier molecular flexibility index (Phi) is 7.87. The van der Waals surface area contributed by atoms with E-state index in [-0.39, 0.29) is 18.7 Å². The number of aryl methyl sites for hydroxylation is 1. The van der Waals surface area contributed by atoms with E-state index in [1.807, 2.05) is 31.2 Å². The van der Waals surface area contributed by atoms with Gasteiger partial charge in [-0.2, -0.15) is 5.10 Å². The van der Waals surface area contributed by atoms with Crippen LogP contribution in [0.4, 0.5) is 11.4 Å². The van der Waals surface area contributed by atoms with Crippen molar-refractivity contribution in [3.63, 3.8) is 0 Å². The van der Waals surface area contributed by atoms with Crippen LogP contribution in [0.1, 0.15) is 21.5 Å². The highest BCUT2D eigenvalue weighted by atomic mass is 16.5. The number of carboxylic acid groups (broad SMARTS) is 1. The molecule has 9 nitrogen and oxygen atoms in total. The first-order valence-corrected chi connectivity index (χ1v) is 8.72. The number of methoxy groups -OCH3 is 1. The average Bonchev–Trinajstić information content (AvgIpc) is 2.70. The topological polar surface area (TPSA) is 129 Å². The highest BCUT2D eigenvalue weighted by Gasteiger charge is 2.12. The van der Waals surface area contributed by atoms with Gasteiger partial charge in [0.1, 0.15) is 0 Å². The van der Waals surface area contributed by atoms with Crippen molar-refractivity contribution >= 4 is 35.4 Å². The Morgan fingerprint density at radius 3 is 2.55 bits per heavy atom. The van der Waals surface area contributed by atoms with Gasteiger partial charge in [0.2, 0.25) is 0 Å². The van der Waals surface area contributed by atoms with Crippen molar-refractivity contribution in [3.05, 3.63) is 59.2 Å². The van der Waals surface area contributed by atoms with Crippen LogP contribution in [0.25, 0.3) is 0 Å². The second-order valence-electron chi connectivity index (χ2n) is 5.99. The minimum atomic E-state index is -1.09. The maximum Gasteiger partial charge on any atom is 0.335 e. The van der Waals surface area contributed by atoms with Crippen molar-refractivity contribution in [2.24, 2.45) is 5.10 Å². The van der Waals surface area contributed by atoms with Crippen molar-refractivity contribution < 1.29 is 24.2 Å². The fraction of sp³-hybridized carbons (Fsp3) is 0.200. The normalized spacial score (nSPS) is 10.6. The molecule has 4 N–H and O–H groups in total. The molecule has 29 heavy (non-hydrogen) atoms. The molecule has 0 unspecified atom stereocenters. The van der Waals surface area contributed by atoms with Gasteiger partial charge in [0.25, 0.3) is 0 Å². The molecule has 0 aromatic heterocycles. The van der Waals surface area contributed by atoms with Crippen molar-refractivity contribution in [3.8, 4) is 0 Å². The lowest BCUT2D eigenvalue weighted by molar-refractivity contribution is -0.139. The standard InChI is InChI=1S/C20H22N4O5/c1-13-5-3-4-6-16(13)23-17-8-7-14(20(27)28)11-15(17)12-22-24-19(26)18(25)21-9-10-29-2/h3-8,11-12,23H,9-10H2,1-2H3,(H,21,25)(H,24,26)(H,27,28)/b22-12-. The largest absolute Gasteiger partial charge is 0.478 e. The number of carbonyl (C=O) groups is 3. The Labute approximate surface area is 167 Å². The molecule has 0 aliphatic heterocycles. The van der Waals surface area contributed by atoms with Crippen LogP contribution < -0.4 is 16.1 Å². The maximum absolute atomic E-state index is 11.7. The van der Waals surface area contributed by atoms with Gasteiger partial charge in [0.05, 0.1) is 18.4 Å². The maximum atomic E-state index is 11.7. The molecule has 0 saturated heterocycles. The number of hydrogen-bond acceptors (Lipinski definition) is 6. The van der Waals surface area contributed by atoms with Gasteiger partial charge in [0.15, 0.2) is 0 Å². The van der Waals surface area contributed by atoms with E-state index < -0.39 is 17.8 Å². The van der Waals surface area contributed by atoms with Crippen LogP contribution in [-0.4, -0.2) is 49.4 Å². The van der Waals surface area contributed by atoms with Crippen molar-refractivity contribution in [2.45, 2.75) is 6.92 Å². The summed E-state index contributed by atoms with van der Waals surface area (Å²) in [5.74, 6) is -2.89. The number of aromatic carboxylic acids is 1. The molecular weight excluding hydrogens is 376 g/mol. The molecule has 2 amide bonds. The van der Waals surface area contributed by atoms with E-state index in [9.17, 15) is 19.5 Å². The van der Waals surface area contributed by atoms with Gasteiger partial charge < -0.3 is 20.5 Å². The summed E-state index contributed by atoms with van der Waals surface area (Å²) in [6, 6.07) is 12.1. The van der Waals surface area contributed by atoms with Gasteiger partial charge in [-0.05, 0) is 36.8 Å². The number of ether oxygens (including phenoxy) is 1. The van der Waals surface area contributed by atoms with Crippen LogP contribution in [-0.2, 0) is 14.3 Å². The van der Waals surface area contributed by atoms with E-state index in [0.717, 1.165) is 11.3 Å². The van der Waals surface area contributed by atoms with Crippen molar-refractivity contribution in [1.82, 2.24) is 10.7 Å². The number of anilines is 2. The monoisotopic (exact) mass is 398 g/mol. The Bertz CT molecular complexity index is 927. The fourth-order valence-corrected chi connectivity index (χ4v) is 2.33. The number of carboxylic acids is 1. The summed E-state index contributed by atoms with van der Waals surface area (Å²) in [7, 11) is 1.48. The van der Waals surface area contributed by atoms with Gasteiger partial charge in [-0.25, -0.2) is 10.2 Å². The number of nitrogens with zero attached hydrogens (tertiary/aromatic N) is 1. The smallest absolute Gasteiger partial charge is 0.335 e. The van der Waals surface area contributed by atoms with E-state index >= 15 is 0 Å². The zero-order chi connectivity index (χ0) is 21.2. The second-order valence-corrected chi connectivity index (χ2v) is 5.99. The summed E-state index contributed by atoms with van der Waals surface area (Å²) in [6.45, 7) is 2.40. The number of rotatable bonds is 8. The van der Waals surface area contributed by atoms with Gasteiger partial charge >= 0.3 is 17.8 Å². The highest BCUT2D eigenvalue weighted by molar-refractivity contribution is 6.35. The third-order valence-electron chi connectivity index (χ3n) is 3.88. The number of hydrogen-bond donors (Lipinski definition) is 4. The SMILES string of the molecule is COCCNC(=O)C(=O)N/N=C\c1cc(C(=O)O)ccc1Nc1ccccc1C. The summed E-state index contributed by atoms with van der Waals surface area (Å²) in [6.07, 6.45) is 1.27.